The molecule has 0 radical (unpaired) electrons. The molecule has 1 aliphatic rings. The lowest BCUT2D eigenvalue weighted by Gasteiger charge is -2.18. The van der Waals surface area contributed by atoms with Gasteiger partial charge in [-0.2, -0.15) is 4.39 Å². The van der Waals surface area contributed by atoms with Crippen molar-refractivity contribution < 1.29 is 38.6 Å². The van der Waals surface area contributed by atoms with Crippen LogP contribution in [0.25, 0.3) is 0 Å². The van der Waals surface area contributed by atoms with Crippen molar-refractivity contribution in [3.8, 4) is 0 Å². The first-order valence-electron chi connectivity index (χ1n) is 10.1. The van der Waals surface area contributed by atoms with Crippen molar-refractivity contribution in [2.45, 2.75) is 51.7 Å². The summed E-state index contributed by atoms with van der Waals surface area (Å²) in [5.74, 6) is -1.72. The lowest BCUT2D eigenvalue weighted by Crippen LogP contribution is -2.34. The normalized spacial score (nSPS) is 20.0. The third-order valence-corrected chi connectivity index (χ3v) is 5.64. The van der Waals surface area contributed by atoms with E-state index in [0.29, 0.717) is 18.4 Å². The van der Waals surface area contributed by atoms with Gasteiger partial charge in [-0.05, 0) is 38.3 Å². The molecule has 1 aromatic heterocycles. The number of phosphoric acid groups is 1. The summed E-state index contributed by atoms with van der Waals surface area (Å²) in [7, 11) is -4.51. The molecule has 1 saturated heterocycles. The number of aromatic nitrogens is 2. The van der Waals surface area contributed by atoms with Crippen LogP contribution in [-0.2, 0) is 29.7 Å². The van der Waals surface area contributed by atoms with E-state index in [9.17, 15) is 28.2 Å². The molecule has 1 aromatic carbocycles. The van der Waals surface area contributed by atoms with Crippen LogP contribution in [0, 0.1) is 5.82 Å². The number of hydrogen-bond donors (Lipinski definition) is 2. The van der Waals surface area contributed by atoms with Crippen LogP contribution in [0.2, 0.25) is 0 Å². The zero-order valence-corrected chi connectivity index (χ0v) is 18.8. The molecule has 0 saturated carbocycles. The van der Waals surface area contributed by atoms with E-state index < -0.39 is 43.2 Å². The number of carbonyl (C=O) groups excluding carboxylic acids is 1. The largest absolute Gasteiger partial charge is 0.472 e. The predicted octanol–water partition coefficient (Wildman–Crippen LogP) is 2.50. The second kappa shape index (κ2) is 10.5. The molecule has 0 spiro atoms. The van der Waals surface area contributed by atoms with E-state index in [1.165, 1.54) is 6.07 Å². The highest BCUT2D eigenvalue weighted by atomic mass is 31.2. The van der Waals surface area contributed by atoms with Gasteiger partial charge in [-0.3, -0.25) is 23.4 Å². The average Bonchev–Trinajstić information content (AvgIpc) is 3.22. The van der Waals surface area contributed by atoms with E-state index in [-0.39, 0.29) is 26.3 Å². The first-order chi connectivity index (χ1) is 15.6. The number of esters is 1. The minimum Gasteiger partial charge on any atom is -0.459 e. The molecule has 33 heavy (non-hydrogen) atoms. The summed E-state index contributed by atoms with van der Waals surface area (Å²) >= 11 is 0. The number of benzene rings is 1. The molecule has 1 unspecified atom stereocenters. The average molecular weight is 488 g/mol. The summed E-state index contributed by atoms with van der Waals surface area (Å²) in [6.45, 7) is 2.69. The van der Waals surface area contributed by atoms with Crippen molar-refractivity contribution in [2.75, 3.05) is 6.61 Å². The summed E-state index contributed by atoms with van der Waals surface area (Å²) in [6.07, 6.45) is -0.484. The highest BCUT2D eigenvalue weighted by Crippen LogP contribution is 2.45. The Morgan fingerprint density at radius 1 is 1.33 bits per heavy atom. The van der Waals surface area contributed by atoms with E-state index >= 15 is 0 Å². The van der Waals surface area contributed by atoms with Gasteiger partial charge in [-0.15, -0.1) is 0 Å². The fourth-order valence-corrected chi connectivity index (χ4v) is 3.91. The van der Waals surface area contributed by atoms with E-state index in [1.807, 2.05) is 4.98 Å². The second-order valence-corrected chi connectivity index (χ2v) is 9.04. The molecule has 1 aliphatic heterocycles. The Labute approximate surface area is 189 Å². The Kier molecular flexibility index (Phi) is 7.98. The van der Waals surface area contributed by atoms with Crippen LogP contribution >= 0.6 is 7.82 Å². The molecule has 13 heteroatoms. The zero-order valence-electron chi connectivity index (χ0n) is 17.9. The van der Waals surface area contributed by atoms with Crippen LogP contribution in [-0.4, -0.2) is 39.2 Å². The number of halogens is 1. The summed E-state index contributed by atoms with van der Waals surface area (Å²) in [4.78, 5) is 47.0. The van der Waals surface area contributed by atoms with E-state index in [2.05, 4.69) is 0 Å². The number of carbonyl (C=O) groups is 1. The van der Waals surface area contributed by atoms with Gasteiger partial charge in [-0.25, -0.2) is 14.2 Å². The SMILES string of the molecule is CC(C)OC(=O)c1ccccc1COP(=O)(O)OC[C@@H]1CC[C@H](n2cc(F)c(=O)[nH]c2=O)O1.[HH]. The van der Waals surface area contributed by atoms with Crippen LogP contribution in [0.4, 0.5) is 4.39 Å². The van der Waals surface area contributed by atoms with Gasteiger partial charge in [0.2, 0.25) is 5.82 Å². The Balaban J connectivity index is 0.00000408. The van der Waals surface area contributed by atoms with Gasteiger partial charge < -0.3 is 14.4 Å². The summed E-state index contributed by atoms with van der Waals surface area (Å²) < 4.78 is 47.4. The Bertz CT molecular complexity index is 1170. The first-order valence-corrected chi connectivity index (χ1v) is 11.6. The summed E-state index contributed by atoms with van der Waals surface area (Å²) in [5, 5.41) is 0. The molecule has 2 heterocycles. The van der Waals surface area contributed by atoms with Crippen molar-refractivity contribution in [2.24, 2.45) is 0 Å². The van der Waals surface area contributed by atoms with Crippen LogP contribution < -0.4 is 11.2 Å². The van der Waals surface area contributed by atoms with Gasteiger partial charge in [0.15, 0.2) is 0 Å². The third-order valence-electron chi connectivity index (χ3n) is 4.71. The monoisotopic (exact) mass is 488 g/mol. The van der Waals surface area contributed by atoms with E-state index in [4.69, 9.17) is 18.5 Å². The minimum atomic E-state index is -4.51. The number of nitrogens with zero attached hydrogens (tertiary/aromatic N) is 1. The maximum Gasteiger partial charge on any atom is 0.472 e. The predicted molar refractivity (Wildman–Crippen MR) is 114 cm³/mol. The van der Waals surface area contributed by atoms with Crippen molar-refractivity contribution in [1.82, 2.24) is 9.55 Å². The van der Waals surface area contributed by atoms with Gasteiger partial charge in [-0.1, -0.05) is 18.2 Å². The quantitative estimate of drug-likeness (QED) is 0.401. The maximum atomic E-state index is 13.5. The van der Waals surface area contributed by atoms with Crippen molar-refractivity contribution >= 4 is 13.8 Å². The lowest BCUT2D eigenvalue weighted by molar-refractivity contribution is -0.0267. The number of rotatable bonds is 9. The first kappa shape index (κ1) is 25.0. The molecule has 3 rings (SSSR count). The molecule has 182 valence electrons. The zero-order chi connectivity index (χ0) is 24.2. The molecule has 3 atom stereocenters. The van der Waals surface area contributed by atoms with Crippen LogP contribution in [0.5, 0.6) is 0 Å². The molecular weight excluding hydrogens is 462 g/mol. The van der Waals surface area contributed by atoms with Crippen LogP contribution in [0.3, 0.4) is 0 Å². The highest BCUT2D eigenvalue weighted by molar-refractivity contribution is 7.47. The standard InChI is InChI=1S/C20H24FN2O9P.H2/c1-12(2)31-19(25)15-6-4-3-5-13(15)10-29-33(27,28)30-11-14-7-8-17(32-14)23-9-16(21)18(24)22-20(23)26;/h3-6,9,12,14,17H,7-8,10-11H2,1-2H3,(H,27,28)(H,22,24,26);1H/t14-,17+;/m0./s1. The molecule has 0 bridgehead atoms. The van der Waals surface area contributed by atoms with Crippen LogP contribution in [0.15, 0.2) is 40.1 Å². The van der Waals surface area contributed by atoms with E-state index in [0.717, 1.165) is 10.8 Å². The highest BCUT2D eigenvalue weighted by Gasteiger charge is 2.31. The summed E-state index contributed by atoms with van der Waals surface area (Å²) in [5.41, 5.74) is -1.42. The van der Waals surface area contributed by atoms with Gasteiger partial charge >= 0.3 is 19.5 Å². The molecule has 1 fully saturated rings. The topological polar surface area (TPSA) is 146 Å². The number of ether oxygens (including phenoxy) is 2. The Morgan fingerprint density at radius 2 is 2.06 bits per heavy atom. The van der Waals surface area contributed by atoms with Crippen LogP contribution in [0.1, 0.15) is 50.3 Å². The Morgan fingerprint density at radius 3 is 2.79 bits per heavy atom. The fraction of sp³-hybridized carbons (Fsp3) is 0.450. The van der Waals surface area contributed by atoms with Gasteiger partial charge in [0, 0.05) is 1.43 Å². The number of nitrogens with one attached hydrogen (secondary N) is 1. The molecule has 2 aromatic rings. The Hall–Kier alpha value is -2.63. The molecular formula is C20H26FN2O9P. The number of H-pyrrole nitrogens is 1. The van der Waals surface area contributed by atoms with Crippen molar-refractivity contribution in [1.29, 1.82) is 0 Å². The maximum absolute atomic E-state index is 13.5. The van der Waals surface area contributed by atoms with Gasteiger partial charge in [0.05, 0.1) is 37.2 Å². The minimum absolute atomic E-state index is 0. The number of phosphoric ester groups is 1. The summed E-state index contributed by atoms with van der Waals surface area (Å²) in [6, 6.07) is 6.34. The molecule has 11 nitrogen and oxygen atoms in total. The smallest absolute Gasteiger partial charge is 0.459 e. The third kappa shape index (κ3) is 6.68. The molecule has 0 amide bonds. The van der Waals surface area contributed by atoms with E-state index in [1.54, 1.807) is 32.0 Å². The van der Waals surface area contributed by atoms with Gasteiger partial charge in [0.25, 0.3) is 5.56 Å². The molecule has 0 aliphatic carbocycles. The lowest BCUT2D eigenvalue weighted by atomic mass is 10.1. The number of aromatic amines is 1. The molecule has 2 N–H and O–H groups in total. The fourth-order valence-electron chi connectivity index (χ4n) is 3.18. The van der Waals surface area contributed by atoms with Gasteiger partial charge in [0.1, 0.15) is 6.23 Å². The van der Waals surface area contributed by atoms with Crippen molar-refractivity contribution in [3.05, 3.63) is 68.2 Å². The second-order valence-electron chi connectivity index (χ2n) is 7.58. The van der Waals surface area contributed by atoms with Crippen molar-refractivity contribution in [3.63, 3.8) is 0 Å². The number of hydrogen-bond acceptors (Lipinski definition) is 8.